The fourth-order valence-corrected chi connectivity index (χ4v) is 2.76. The number of hydrogen-bond donors (Lipinski definition) is 0. The van der Waals surface area contributed by atoms with E-state index < -0.39 is 6.61 Å². The zero-order valence-electron chi connectivity index (χ0n) is 10.0. The number of benzene rings is 1. The van der Waals surface area contributed by atoms with Crippen LogP contribution in [0.3, 0.4) is 0 Å². The highest BCUT2D eigenvalue weighted by molar-refractivity contribution is 9.09. The molecule has 1 fully saturated rings. The van der Waals surface area contributed by atoms with Crippen LogP contribution in [0.2, 0.25) is 0 Å². The van der Waals surface area contributed by atoms with Gasteiger partial charge in [-0.15, -0.1) is 0 Å². The van der Waals surface area contributed by atoms with Gasteiger partial charge in [0.15, 0.2) is 11.5 Å². The van der Waals surface area contributed by atoms with E-state index in [1.165, 1.54) is 0 Å². The summed E-state index contributed by atoms with van der Waals surface area (Å²) in [7, 11) is 0. The Hall–Kier alpha value is -0.840. The van der Waals surface area contributed by atoms with Gasteiger partial charge in [-0.1, -0.05) is 22.0 Å². The van der Waals surface area contributed by atoms with E-state index in [1.54, 1.807) is 6.07 Å². The lowest BCUT2D eigenvalue weighted by molar-refractivity contribution is -0.0514. The molecule has 0 aliphatic heterocycles. The van der Waals surface area contributed by atoms with Crippen LogP contribution in [0.5, 0.6) is 11.5 Å². The zero-order chi connectivity index (χ0) is 13.1. The molecule has 100 valence electrons. The van der Waals surface area contributed by atoms with Gasteiger partial charge in [0.05, 0.1) is 6.61 Å². The molecule has 2 unspecified atom stereocenters. The van der Waals surface area contributed by atoms with Crippen molar-refractivity contribution in [2.24, 2.45) is 5.92 Å². The number of ether oxygens (including phenoxy) is 2. The third kappa shape index (κ3) is 3.13. The van der Waals surface area contributed by atoms with Gasteiger partial charge in [0.2, 0.25) is 0 Å². The van der Waals surface area contributed by atoms with Crippen LogP contribution in [-0.4, -0.2) is 18.5 Å². The first kappa shape index (κ1) is 13.6. The van der Waals surface area contributed by atoms with Crippen LogP contribution in [-0.2, 0) is 0 Å². The molecule has 2 rings (SSSR count). The Balaban J connectivity index is 2.17. The van der Waals surface area contributed by atoms with E-state index >= 15 is 0 Å². The maximum atomic E-state index is 12.2. The summed E-state index contributed by atoms with van der Waals surface area (Å²) in [5.41, 5.74) is 1.13. The van der Waals surface area contributed by atoms with Gasteiger partial charge in [-0.3, -0.25) is 0 Å². The van der Waals surface area contributed by atoms with Gasteiger partial charge < -0.3 is 9.47 Å². The van der Waals surface area contributed by atoms with Crippen molar-refractivity contribution in [2.45, 2.75) is 25.9 Å². The third-order valence-corrected chi connectivity index (χ3v) is 3.86. The van der Waals surface area contributed by atoms with Gasteiger partial charge in [-0.25, -0.2) is 0 Å². The van der Waals surface area contributed by atoms with E-state index in [2.05, 4.69) is 20.7 Å². The molecule has 0 heterocycles. The molecule has 0 spiro atoms. The molecule has 2 nitrogen and oxygen atoms in total. The van der Waals surface area contributed by atoms with Crippen LogP contribution in [0.15, 0.2) is 18.2 Å². The van der Waals surface area contributed by atoms with Gasteiger partial charge in [0, 0.05) is 5.33 Å². The van der Waals surface area contributed by atoms with E-state index in [9.17, 15) is 8.78 Å². The normalized spacial score (nSPS) is 22.1. The molecule has 0 saturated heterocycles. The van der Waals surface area contributed by atoms with Crippen LogP contribution in [0.4, 0.5) is 8.78 Å². The second kappa shape index (κ2) is 5.87. The van der Waals surface area contributed by atoms with Crippen molar-refractivity contribution in [1.82, 2.24) is 0 Å². The van der Waals surface area contributed by atoms with E-state index in [1.807, 2.05) is 19.1 Å². The monoisotopic (exact) mass is 320 g/mol. The van der Waals surface area contributed by atoms with Crippen molar-refractivity contribution in [1.29, 1.82) is 0 Å². The van der Waals surface area contributed by atoms with Gasteiger partial charge in [-0.05, 0) is 42.9 Å². The average molecular weight is 321 g/mol. The quantitative estimate of drug-likeness (QED) is 0.732. The SMILES string of the molecule is CCOc1cc(C2CC2CBr)ccc1OC(F)F. The van der Waals surface area contributed by atoms with Gasteiger partial charge in [0.1, 0.15) is 0 Å². The number of halogens is 3. The van der Waals surface area contributed by atoms with Crippen LogP contribution >= 0.6 is 15.9 Å². The fourth-order valence-electron chi connectivity index (χ4n) is 2.04. The molecule has 2 atom stereocenters. The largest absolute Gasteiger partial charge is 0.490 e. The van der Waals surface area contributed by atoms with E-state index in [0.29, 0.717) is 24.2 Å². The molecule has 1 aliphatic carbocycles. The van der Waals surface area contributed by atoms with Crippen molar-refractivity contribution >= 4 is 15.9 Å². The van der Waals surface area contributed by atoms with Crippen molar-refractivity contribution in [3.05, 3.63) is 23.8 Å². The minimum Gasteiger partial charge on any atom is -0.490 e. The summed E-state index contributed by atoms with van der Waals surface area (Å²) in [5.74, 6) is 1.65. The maximum Gasteiger partial charge on any atom is 0.387 e. The standard InChI is InChI=1S/C13H15BrF2O2/c1-2-17-12-6-8(10-5-9(10)7-14)3-4-11(12)18-13(15)16/h3-4,6,9-10,13H,2,5,7H2,1H3. The summed E-state index contributed by atoms with van der Waals surface area (Å²) in [5, 5.41) is 0.969. The molecule has 0 radical (unpaired) electrons. The van der Waals surface area contributed by atoms with Crippen LogP contribution in [0.1, 0.15) is 24.8 Å². The highest BCUT2D eigenvalue weighted by atomic mass is 79.9. The van der Waals surface area contributed by atoms with Crippen LogP contribution in [0, 0.1) is 5.92 Å². The number of alkyl halides is 3. The fraction of sp³-hybridized carbons (Fsp3) is 0.538. The highest BCUT2D eigenvalue weighted by Crippen LogP contribution is 2.49. The van der Waals surface area contributed by atoms with Crippen molar-refractivity contribution in [2.75, 3.05) is 11.9 Å². The molecule has 0 N–H and O–H groups in total. The number of hydrogen-bond acceptors (Lipinski definition) is 2. The van der Waals surface area contributed by atoms with Crippen LogP contribution in [0.25, 0.3) is 0 Å². The summed E-state index contributed by atoms with van der Waals surface area (Å²) in [6, 6.07) is 5.22. The minimum absolute atomic E-state index is 0.103. The van der Waals surface area contributed by atoms with Crippen LogP contribution < -0.4 is 9.47 Å². The highest BCUT2D eigenvalue weighted by Gasteiger charge is 2.37. The Bertz CT molecular complexity index is 412. The zero-order valence-corrected chi connectivity index (χ0v) is 11.6. The van der Waals surface area contributed by atoms with Gasteiger partial charge in [-0.2, -0.15) is 8.78 Å². The van der Waals surface area contributed by atoms with E-state index in [0.717, 1.165) is 17.3 Å². The molecule has 0 bridgehead atoms. The predicted octanol–water partition coefficient (Wildman–Crippen LogP) is 4.19. The molecule has 1 aliphatic rings. The molecule has 0 aromatic heterocycles. The lowest BCUT2D eigenvalue weighted by atomic mass is 10.1. The third-order valence-electron chi connectivity index (χ3n) is 3.03. The maximum absolute atomic E-state index is 12.2. The lowest BCUT2D eigenvalue weighted by Gasteiger charge is -2.12. The summed E-state index contributed by atoms with van der Waals surface area (Å²) in [4.78, 5) is 0. The summed E-state index contributed by atoms with van der Waals surface area (Å²) in [6.07, 6.45) is 1.13. The summed E-state index contributed by atoms with van der Waals surface area (Å²) < 4.78 is 34.3. The molecule has 1 aromatic carbocycles. The Kier molecular flexibility index (Phi) is 4.43. The first-order valence-corrected chi connectivity index (χ1v) is 7.05. The molecule has 5 heteroatoms. The Morgan fingerprint density at radius 2 is 2.17 bits per heavy atom. The van der Waals surface area contributed by atoms with Crippen molar-refractivity contribution < 1.29 is 18.3 Å². The molecule has 0 amide bonds. The number of rotatable bonds is 6. The van der Waals surface area contributed by atoms with E-state index in [-0.39, 0.29) is 5.75 Å². The first-order chi connectivity index (χ1) is 8.65. The molecule has 1 aromatic rings. The van der Waals surface area contributed by atoms with Gasteiger partial charge >= 0.3 is 6.61 Å². The molecular weight excluding hydrogens is 306 g/mol. The lowest BCUT2D eigenvalue weighted by Crippen LogP contribution is -2.05. The molecule has 18 heavy (non-hydrogen) atoms. The Morgan fingerprint density at radius 3 is 2.72 bits per heavy atom. The smallest absolute Gasteiger partial charge is 0.387 e. The first-order valence-electron chi connectivity index (χ1n) is 5.93. The van der Waals surface area contributed by atoms with Crippen molar-refractivity contribution in [3.8, 4) is 11.5 Å². The average Bonchev–Trinajstić information content (AvgIpc) is 3.10. The topological polar surface area (TPSA) is 18.5 Å². The predicted molar refractivity (Wildman–Crippen MR) is 68.9 cm³/mol. The van der Waals surface area contributed by atoms with Crippen molar-refractivity contribution in [3.63, 3.8) is 0 Å². The van der Waals surface area contributed by atoms with E-state index in [4.69, 9.17) is 4.74 Å². The Morgan fingerprint density at radius 1 is 1.39 bits per heavy atom. The second-order valence-electron chi connectivity index (χ2n) is 4.27. The second-order valence-corrected chi connectivity index (χ2v) is 4.92. The minimum atomic E-state index is -2.83. The Labute approximate surface area is 113 Å². The van der Waals surface area contributed by atoms with Gasteiger partial charge in [0.25, 0.3) is 0 Å². The molecule has 1 saturated carbocycles. The summed E-state index contributed by atoms with van der Waals surface area (Å²) >= 11 is 3.46. The summed E-state index contributed by atoms with van der Waals surface area (Å²) in [6.45, 7) is -0.585. The molecular formula is C13H15BrF2O2.